The molecule has 0 heterocycles. The van der Waals surface area contributed by atoms with Gasteiger partial charge in [0.05, 0.1) is 5.56 Å². The summed E-state index contributed by atoms with van der Waals surface area (Å²) in [5.74, 6) is 0.189. The third kappa shape index (κ3) is 4.17. The van der Waals surface area contributed by atoms with Gasteiger partial charge in [-0.2, -0.15) is 13.2 Å². The Balaban J connectivity index is 2.34. The van der Waals surface area contributed by atoms with Gasteiger partial charge < -0.3 is 4.74 Å². The fraction of sp³-hybridized carbons (Fsp3) is 0.200. The fourth-order valence-corrected chi connectivity index (χ4v) is 2.50. The molecule has 6 heteroatoms. The van der Waals surface area contributed by atoms with E-state index < -0.39 is 11.7 Å². The van der Waals surface area contributed by atoms with Crippen molar-refractivity contribution in [2.24, 2.45) is 0 Å². The van der Waals surface area contributed by atoms with Crippen LogP contribution in [0.15, 0.2) is 47.4 Å². The van der Waals surface area contributed by atoms with E-state index in [0.29, 0.717) is 16.6 Å². The van der Waals surface area contributed by atoms with Crippen molar-refractivity contribution in [3.8, 4) is 11.5 Å². The van der Waals surface area contributed by atoms with Crippen molar-refractivity contribution in [1.82, 2.24) is 0 Å². The number of hydrogen-bond donors (Lipinski definition) is 0. The first-order chi connectivity index (χ1) is 9.94. The van der Waals surface area contributed by atoms with Crippen LogP contribution < -0.4 is 4.74 Å². The molecule has 0 aliphatic heterocycles. The van der Waals surface area contributed by atoms with Crippen molar-refractivity contribution in [2.45, 2.75) is 16.4 Å². The summed E-state index contributed by atoms with van der Waals surface area (Å²) in [6.45, 7) is 0. The Kier molecular flexibility index (Phi) is 5.22. The molecule has 21 heavy (non-hydrogen) atoms. The average molecular weight is 377 g/mol. The lowest BCUT2D eigenvalue weighted by Gasteiger charge is -2.15. The summed E-state index contributed by atoms with van der Waals surface area (Å²) in [6, 6.07) is 11.0. The third-order valence-corrected chi connectivity index (χ3v) is 4.18. The Bertz CT molecular complexity index is 611. The molecule has 0 amide bonds. The van der Waals surface area contributed by atoms with Gasteiger partial charge >= 0.3 is 6.18 Å². The lowest BCUT2D eigenvalue weighted by Crippen LogP contribution is -2.07. The van der Waals surface area contributed by atoms with Gasteiger partial charge in [-0.1, -0.05) is 22.0 Å². The van der Waals surface area contributed by atoms with Crippen LogP contribution in [0.5, 0.6) is 11.5 Å². The van der Waals surface area contributed by atoms with E-state index >= 15 is 0 Å². The standard InChI is InChI=1S/C15H12BrF3OS/c1-21-12-5-3-11(4-6-12)20-14-7-2-10(9-16)8-13(14)15(17,18)19/h2-8H,9H2,1H3. The second-order valence-corrected chi connectivity index (χ2v) is 5.68. The van der Waals surface area contributed by atoms with Gasteiger partial charge in [0.15, 0.2) is 0 Å². The third-order valence-electron chi connectivity index (χ3n) is 2.79. The van der Waals surface area contributed by atoms with Crippen LogP contribution in [0.3, 0.4) is 0 Å². The van der Waals surface area contributed by atoms with Gasteiger partial charge in [-0.05, 0) is 48.2 Å². The maximum Gasteiger partial charge on any atom is 0.419 e. The summed E-state index contributed by atoms with van der Waals surface area (Å²) < 4.78 is 44.7. The van der Waals surface area contributed by atoms with Gasteiger partial charge in [-0.3, -0.25) is 0 Å². The Morgan fingerprint density at radius 1 is 1.10 bits per heavy atom. The minimum absolute atomic E-state index is 0.191. The smallest absolute Gasteiger partial charge is 0.419 e. The lowest BCUT2D eigenvalue weighted by atomic mass is 10.1. The maximum absolute atomic E-state index is 13.1. The summed E-state index contributed by atoms with van der Waals surface area (Å²) in [5, 5.41) is 0.360. The van der Waals surface area contributed by atoms with Gasteiger partial charge in [0, 0.05) is 10.2 Å². The van der Waals surface area contributed by atoms with Crippen LogP contribution in [0.2, 0.25) is 0 Å². The molecular weight excluding hydrogens is 365 g/mol. The average Bonchev–Trinajstić information content (AvgIpc) is 2.47. The summed E-state index contributed by atoms with van der Waals surface area (Å²) >= 11 is 4.71. The van der Waals surface area contributed by atoms with E-state index in [1.54, 1.807) is 42.1 Å². The van der Waals surface area contributed by atoms with E-state index in [4.69, 9.17) is 4.74 Å². The first kappa shape index (κ1) is 16.2. The van der Waals surface area contributed by atoms with Gasteiger partial charge in [-0.15, -0.1) is 11.8 Å². The first-order valence-corrected chi connectivity index (χ1v) is 8.36. The van der Waals surface area contributed by atoms with E-state index in [2.05, 4.69) is 15.9 Å². The van der Waals surface area contributed by atoms with Crippen molar-refractivity contribution in [2.75, 3.05) is 6.26 Å². The summed E-state index contributed by atoms with van der Waals surface area (Å²) in [6.07, 6.45) is -2.52. The molecular formula is C15H12BrF3OS. The van der Waals surface area contributed by atoms with Crippen molar-refractivity contribution in [3.63, 3.8) is 0 Å². The molecule has 0 aliphatic carbocycles. The van der Waals surface area contributed by atoms with Crippen molar-refractivity contribution in [3.05, 3.63) is 53.6 Å². The predicted molar refractivity (Wildman–Crippen MR) is 82.4 cm³/mol. The molecule has 0 aliphatic rings. The summed E-state index contributed by atoms with van der Waals surface area (Å²) in [4.78, 5) is 1.02. The van der Waals surface area contributed by atoms with Crippen molar-refractivity contribution < 1.29 is 17.9 Å². The maximum atomic E-state index is 13.1. The molecule has 0 N–H and O–H groups in total. The van der Waals surface area contributed by atoms with Crippen LogP contribution in [-0.4, -0.2) is 6.26 Å². The summed E-state index contributed by atoms with van der Waals surface area (Å²) in [5.41, 5.74) is -0.221. The van der Waals surface area contributed by atoms with Gasteiger partial charge in [-0.25, -0.2) is 0 Å². The lowest BCUT2D eigenvalue weighted by molar-refractivity contribution is -0.138. The van der Waals surface area contributed by atoms with Crippen LogP contribution in [0, 0.1) is 0 Å². The molecule has 0 bridgehead atoms. The number of benzene rings is 2. The van der Waals surface area contributed by atoms with Gasteiger partial charge in [0.1, 0.15) is 11.5 Å². The molecule has 0 atom stereocenters. The Morgan fingerprint density at radius 2 is 1.76 bits per heavy atom. The van der Waals surface area contributed by atoms with E-state index in [9.17, 15) is 13.2 Å². The van der Waals surface area contributed by atoms with E-state index in [-0.39, 0.29) is 5.75 Å². The highest BCUT2D eigenvalue weighted by Gasteiger charge is 2.34. The topological polar surface area (TPSA) is 9.23 Å². The van der Waals surface area contributed by atoms with Crippen LogP contribution in [0.25, 0.3) is 0 Å². The molecule has 2 rings (SSSR count). The highest BCUT2D eigenvalue weighted by Crippen LogP contribution is 2.39. The highest BCUT2D eigenvalue weighted by atomic mass is 79.9. The predicted octanol–water partition coefficient (Wildman–Crippen LogP) is 6.11. The molecule has 0 unspecified atom stereocenters. The molecule has 0 spiro atoms. The zero-order chi connectivity index (χ0) is 15.5. The zero-order valence-electron chi connectivity index (χ0n) is 11.1. The van der Waals surface area contributed by atoms with Gasteiger partial charge in [0.25, 0.3) is 0 Å². The fourth-order valence-electron chi connectivity index (χ4n) is 1.74. The summed E-state index contributed by atoms with van der Waals surface area (Å²) in [7, 11) is 0. The van der Waals surface area contributed by atoms with E-state index in [1.807, 2.05) is 6.26 Å². The Morgan fingerprint density at radius 3 is 2.29 bits per heavy atom. The normalized spacial score (nSPS) is 11.5. The van der Waals surface area contributed by atoms with Crippen LogP contribution in [-0.2, 0) is 11.5 Å². The van der Waals surface area contributed by atoms with E-state index in [0.717, 1.165) is 11.0 Å². The van der Waals surface area contributed by atoms with Crippen LogP contribution in [0.1, 0.15) is 11.1 Å². The van der Waals surface area contributed by atoms with E-state index in [1.165, 1.54) is 6.07 Å². The molecule has 0 radical (unpaired) electrons. The zero-order valence-corrected chi connectivity index (χ0v) is 13.5. The SMILES string of the molecule is CSc1ccc(Oc2ccc(CBr)cc2C(F)(F)F)cc1. The number of thioether (sulfide) groups is 1. The second-order valence-electron chi connectivity index (χ2n) is 4.24. The molecule has 1 nitrogen and oxygen atoms in total. The van der Waals surface area contributed by atoms with Crippen LogP contribution in [0.4, 0.5) is 13.2 Å². The number of rotatable bonds is 4. The Labute approximate surface area is 133 Å². The monoisotopic (exact) mass is 376 g/mol. The molecule has 0 saturated carbocycles. The highest BCUT2D eigenvalue weighted by molar-refractivity contribution is 9.08. The molecule has 2 aromatic carbocycles. The largest absolute Gasteiger partial charge is 0.457 e. The molecule has 112 valence electrons. The Hall–Kier alpha value is -1.14. The molecule has 0 aromatic heterocycles. The molecule has 0 saturated heterocycles. The quantitative estimate of drug-likeness (QED) is 0.469. The minimum Gasteiger partial charge on any atom is -0.457 e. The number of halogens is 4. The van der Waals surface area contributed by atoms with Crippen molar-refractivity contribution in [1.29, 1.82) is 0 Å². The molecule has 0 fully saturated rings. The first-order valence-electron chi connectivity index (χ1n) is 6.02. The minimum atomic E-state index is -4.45. The second kappa shape index (κ2) is 6.75. The number of hydrogen-bond acceptors (Lipinski definition) is 2. The van der Waals surface area contributed by atoms with Crippen molar-refractivity contribution >= 4 is 27.7 Å². The molecule has 2 aromatic rings. The van der Waals surface area contributed by atoms with Crippen LogP contribution >= 0.6 is 27.7 Å². The number of ether oxygens (including phenoxy) is 1. The number of alkyl halides is 4. The van der Waals surface area contributed by atoms with Gasteiger partial charge in [0.2, 0.25) is 0 Å².